The third-order valence-electron chi connectivity index (χ3n) is 5.73. The highest BCUT2D eigenvalue weighted by atomic mass is 15.6. The van der Waals surface area contributed by atoms with Gasteiger partial charge in [-0.15, -0.1) is 5.10 Å². The van der Waals surface area contributed by atoms with Gasteiger partial charge in [-0.1, -0.05) is 72.8 Å². The molecule has 1 fully saturated rings. The second kappa shape index (κ2) is 9.54. The number of piperazine rings is 1. The Kier molecular flexibility index (Phi) is 6.59. The maximum absolute atomic E-state index is 4.47. The Balaban J connectivity index is 1.47. The molecule has 0 amide bonds. The zero-order valence-electron chi connectivity index (χ0n) is 18.7. The van der Waals surface area contributed by atoms with Gasteiger partial charge in [0.2, 0.25) is 0 Å². The molecule has 0 radical (unpaired) electrons. The largest absolute Gasteiger partial charge is 0.297 e. The minimum atomic E-state index is -0.171. The molecule has 0 saturated carbocycles. The molecule has 1 aliphatic heterocycles. The summed E-state index contributed by atoms with van der Waals surface area (Å²) in [6, 6.07) is 21.1. The van der Waals surface area contributed by atoms with Gasteiger partial charge in [0.15, 0.2) is 5.82 Å². The molecule has 0 aliphatic carbocycles. The number of nitrogens with zero attached hydrogens (tertiary/aromatic N) is 6. The van der Waals surface area contributed by atoms with Gasteiger partial charge in [-0.2, -0.15) is 0 Å². The predicted molar refractivity (Wildman–Crippen MR) is 125 cm³/mol. The van der Waals surface area contributed by atoms with Gasteiger partial charge in [0, 0.05) is 32.7 Å². The van der Waals surface area contributed by atoms with Crippen LogP contribution in [0.15, 0.2) is 66.7 Å². The van der Waals surface area contributed by atoms with Gasteiger partial charge in [0.1, 0.15) is 0 Å². The van der Waals surface area contributed by atoms with Gasteiger partial charge < -0.3 is 0 Å². The highest BCUT2D eigenvalue weighted by Crippen LogP contribution is 2.30. The normalized spacial score (nSPS) is 17.3. The lowest BCUT2D eigenvalue weighted by Crippen LogP contribution is -2.48. The Labute approximate surface area is 185 Å². The van der Waals surface area contributed by atoms with Gasteiger partial charge in [0.25, 0.3) is 0 Å². The van der Waals surface area contributed by atoms with Crippen LogP contribution < -0.4 is 0 Å². The monoisotopic (exact) mass is 416 g/mol. The average molecular weight is 417 g/mol. The number of tetrazole rings is 1. The average Bonchev–Trinajstić information content (AvgIpc) is 3.27. The predicted octanol–water partition coefficient (Wildman–Crippen LogP) is 3.85. The smallest absolute Gasteiger partial charge is 0.173 e. The second-order valence-corrected chi connectivity index (χ2v) is 9.08. The summed E-state index contributed by atoms with van der Waals surface area (Å²) < 4.78 is 1.97. The standard InChI is InChI=1S/C25H32N6/c1-25(2,3)31-24(26-27-28-31)23(22-14-8-5-9-15-22)30-19-17-29(18-20-30)16-10-13-21-11-6-4-7-12-21/h4-15,23H,16-20H2,1-3H3/t23-/m1/s1. The molecule has 4 rings (SSSR count). The quantitative estimate of drug-likeness (QED) is 0.611. The van der Waals surface area contributed by atoms with Crippen LogP contribution in [0.2, 0.25) is 0 Å². The number of hydrogen-bond donors (Lipinski definition) is 0. The van der Waals surface area contributed by atoms with Crippen molar-refractivity contribution in [1.82, 2.24) is 30.0 Å². The molecule has 6 nitrogen and oxygen atoms in total. The van der Waals surface area contributed by atoms with E-state index < -0.39 is 0 Å². The van der Waals surface area contributed by atoms with Crippen molar-refractivity contribution >= 4 is 6.08 Å². The van der Waals surface area contributed by atoms with E-state index in [4.69, 9.17) is 0 Å². The molecule has 6 heteroatoms. The molecule has 31 heavy (non-hydrogen) atoms. The van der Waals surface area contributed by atoms with E-state index in [-0.39, 0.29) is 11.6 Å². The van der Waals surface area contributed by atoms with Crippen molar-refractivity contribution in [3.05, 3.63) is 83.7 Å². The Morgan fingerprint density at radius 3 is 2.19 bits per heavy atom. The first-order chi connectivity index (χ1) is 15.0. The lowest BCUT2D eigenvalue weighted by Gasteiger charge is -2.39. The lowest BCUT2D eigenvalue weighted by atomic mass is 10.0. The SMILES string of the molecule is CC(C)(C)n1nnnc1[C@@H](c1ccccc1)N1CCN(CC=Cc2ccccc2)CC1. The van der Waals surface area contributed by atoms with Crippen molar-refractivity contribution in [2.45, 2.75) is 32.4 Å². The fraction of sp³-hybridized carbons (Fsp3) is 0.400. The van der Waals surface area contributed by atoms with Crippen molar-refractivity contribution in [3.8, 4) is 0 Å². The fourth-order valence-electron chi connectivity index (χ4n) is 4.11. The second-order valence-electron chi connectivity index (χ2n) is 9.08. The maximum atomic E-state index is 4.47. The van der Waals surface area contributed by atoms with Gasteiger partial charge >= 0.3 is 0 Å². The Morgan fingerprint density at radius 2 is 1.55 bits per heavy atom. The van der Waals surface area contributed by atoms with Crippen LogP contribution >= 0.6 is 0 Å². The van der Waals surface area contributed by atoms with E-state index in [9.17, 15) is 0 Å². The summed E-state index contributed by atoms with van der Waals surface area (Å²) in [6.07, 6.45) is 4.47. The molecule has 1 aliphatic rings. The van der Waals surface area contributed by atoms with E-state index in [1.165, 1.54) is 11.1 Å². The van der Waals surface area contributed by atoms with E-state index in [2.05, 4.69) is 119 Å². The molecule has 1 atom stereocenters. The van der Waals surface area contributed by atoms with E-state index in [0.29, 0.717) is 0 Å². The third-order valence-corrected chi connectivity index (χ3v) is 5.73. The van der Waals surface area contributed by atoms with Crippen molar-refractivity contribution in [1.29, 1.82) is 0 Å². The molecule has 162 valence electrons. The fourth-order valence-corrected chi connectivity index (χ4v) is 4.11. The number of hydrogen-bond acceptors (Lipinski definition) is 5. The molecule has 1 aromatic heterocycles. The highest BCUT2D eigenvalue weighted by molar-refractivity contribution is 5.48. The maximum Gasteiger partial charge on any atom is 0.173 e. The molecular formula is C25H32N6. The van der Waals surface area contributed by atoms with Crippen LogP contribution in [0.1, 0.15) is 43.8 Å². The molecule has 2 heterocycles. The van der Waals surface area contributed by atoms with E-state index in [0.717, 1.165) is 38.5 Å². The summed E-state index contributed by atoms with van der Waals surface area (Å²) >= 11 is 0. The zero-order chi connectivity index (χ0) is 21.7. The van der Waals surface area contributed by atoms with Crippen LogP contribution in [-0.2, 0) is 5.54 Å². The Morgan fingerprint density at radius 1 is 0.903 bits per heavy atom. The molecule has 2 aromatic carbocycles. The Hall–Kier alpha value is -2.83. The van der Waals surface area contributed by atoms with Crippen LogP contribution in [-0.4, -0.2) is 62.7 Å². The number of aromatic nitrogens is 4. The van der Waals surface area contributed by atoms with Crippen molar-refractivity contribution in [2.75, 3.05) is 32.7 Å². The number of rotatable bonds is 6. The van der Waals surface area contributed by atoms with Gasteiger partial charge in [-0.3, -0.25) is 9.80 Å². The summed E-state index contributed by atoms with van der Waals surface area (Å²) in [5.41, 5.74) is 2.31. The summed E-state index contributed by atoms with van der Waals surface area (Å²) in [5.74, 6) is 0.913. The minimum Gasteiger partial charge on any atom is -0.297 e. The van der Waals surface area contributed by atoms with Crippen molar-refractivity contribution in [2.24, 2.45) is 0 Å². The first-order valence-electron chi connectivity index (χ1n) is 11.0. The summed E-state index contributed by atoms with van der Waals surface area (Å²) in [7, 11) is 0. The molecular weight excluding hydrogens is 384 g/mol. The van der Waals surface area contributed by atoms with Crippen LogP contribution in [0.5, 0.6) is 0 Å². The van der Waals surface area contributed by atoms with Crippen molar-refractivity contribution in [3.63, 3.8) is 0 Å². The van der Waals surface area contributed by atoms with Crippen molar-refractivity contribution < 1.29 is 0 Å². The summed E-state index contributed by atoms with van der Waals surface area (Å²) in [5, 5.41) is 12.8. The molecule has 3 aromatic rings. The van der Waals surface area contributed by atoms with Crippen LogP contribution in [0, 0.1) is 0 Å². The van der Waals surface area contributed by atoms with Crippen LogP contribution in [0.4, 0.5) is 0 Å². The molecule has 0 N–H and O–H groups in total. The first kappa shape index (κ1) is 21.4. The van der Waals surface area contributed by atoms with E-state index >= 15 is 0 Å². The van der Waals surface area contributed by atoms with Crippen LogP contribution in [0.3, 0.4) is 0 Å². The highest BCUT2D eigenvalue weighted by Gasteiger charge is 2.32. The summed E-state index contributed by atoms with van der Waals surface area (Å²) in [4.78, 5) is 5.02. The number of benzene rings is 2. The van der Waals surface area contributed by atoms with E-state index in [1.54, 1.807) is 0 Å². The summed E-state index contributed by atoms with van der Waals surface area (Å²) in [6.45, 7) is 11.4. The first-order valence-corrected chi connectivity index (χ1v) is 11.0. The van der Waals surface area contributed by atoms with Crippen LogP contribution in [0.25, 0.3) is 6.08 Å². The third kappa shape index (κ3) is 5.27. The molecule has 0 bridgehead atoms. The van der Waals surface area contributed by atoms with Gasteiger partial charge in [-0.25, -0.2) is 4.68 Å². The molecule has 0 unspecified atom stereocenters. The van der Waals surface area contributed by atoms with E-state index in [1.807, 2.05) is 4.68 Å². The Bertz CT molecular complexity index is 966. The zero-order valence-corrected chi connectivity index (χ0v) is 18.7. The topological polar surface area (TPSA) is 50.1 Å². The molecule has 0 spiro atoms. The lowest BCUT2D eigenvalue weighted by molar-refractivity contribution is 0.110. The minimum absolute atomic E-state index is 0.0532. The van der Waals surface area contributed by atoms with Gasteiger partial charge in [0.05, 0.1) is 11.6 Å². The molecule has 1 saturated heterocycles. The van der Waals surface area contributed by atoms with Gasteiger partial charge in [-0.05, 0) is 42.3 Å².